The summed E-state index contributed by atoms with van der Waals surface area (Å²) >= 11 is 0. The standard InChI is InChI=1S/C21H17NO5S/c23-21(24)15-12-16-10-13-18(14-11-16)28(25,26)22-19-8-4-5-9-20(19)27-17-6-2-1-3-7-17/h1-15,22H,(H,23,24). The molecule has 28 heavy (non-hydrogen) atoms. The zero-order chi connectivity index (χ0) is 20.0. The van der Waals surface area contributed by atoms with Crippen molar-refractivity contribution in [1.29, 1.82) is 0 Å². The van der Waals surface area contributed by atoms with Crippen LogP contribution < -0.4 is 9.46 Å². The fourth-order valence-corrected chi connectivity index (χ4v) is 3.46. The maximum absolute atomic E-state index is 12.7. The molecule has 2 N–H and O–H groups in total. The van der Waals surface area contributed by atoms with Crippen LogP contribution in [0.25, 0.3) is 6.08 Å². The summed E-state index contributed by atoms with van der Waals surface area (Å²) in [4.78, 5) is 10.6. The first kappa shape index (κ1) is 19.2. The van der Waals surface area contributed by atoms with Gasteiger partial charge in [-0.2, -0.15) is 0 Å². The Hall–Kier alpha value is -3.58. The summed E-state index contributed by atoms with van der Waals surface area (Å²) < 4.78 is 33.7. The zero-order valence-electron chi connectivity index (χ0n) is 14.6. The third kappa shape index (κ3) is 4.99. The number of carbonyl (C=O) groups is 1. The Kier molecular flexibility index (Phi) is 5.76. The number of carboxylic acids is 1. The smallest absolute Gasteiger partial charge is 0.328 e. The molecule has 0 amide bonds. The number of anilines is 1. The maximum Gasteiger partial charge on any atom is 0.328 e. The lowest BCUT2D eigenvalue weighted by Gasteiger charge is -2.13. The van der Waals surface area contributed by atoms with Gasteiger partial charge in [0.2, 0.25) is 0 Å². The van der Waals surface area contributed by atoms with Gasteiger partial charge in [-0.05, 0) is 48.0 Å². The molecule has 0 aliphatic rings. The molecule has 0 aliphatic carbocycles. The van der Waals surface area contributed by atoms with E-state index in [2.05, 4.69) is 4.72 Å². The Morgan fingerprint density at radius 3 is 2.21 bits per heavy atom. The van der Waals surface area contributed by atoms with E-state index < -0.39 is 16.0 Å². The predicted molar refractivity (Wildman–Crippen MR) is 107 cm³/mol. The molecule has 3 rings (SSSR count). The van der Waals surface area contributed by atoms with Gasteiger partial charge in [-0.3, -0.25) is 4.72 Å². The number of nitrogens with one attached hydrogen (secondary N) is 1. The summed E-state index contributed by atoms with van der Waals surface area (Å²) in [5.41, 5.74) is 0.885. The molecule has 0 atom stereocenters. The molecule has 0 aliphatic heterocycles. The Morgan fingerprint density at radius 1 is 0.893 bits per heavy atom. The largest absolute Gasteiger partial charge is 0.478 e. The lowest BCUT2D eigenvalue weighted by molar-refractivity contribution is -0.131. The number of sulfonamides is 1. The number of ether oxygens (including phenoxy) is 1. The highest BCUT2D eigenvalue weighted by molar-refractivity contribution is 7.92. The second kappa shape index (κ2) is 8.41. The second-order valence-electron chi connectivity index (χ2n) is 5.76. The summed E-state index contributed by atoms with van der Waals surface area (Å²) in [7, 11) is -3.85. The summed E-state index contributed by atoms with van der Waals surface area (Å²) in [6.07, 6.45) is 2.37. The maximum atomic E-state index is 12.7. The first-order chi connectivity index (χ1) is 13.4. The van der Waals surface area contributed by atoms with Gasteiger partial charge in [-0.25, -0.2) is 13.2 Å². The Labute approximate surface area is 162 Å². The summed E-state index contributed by atoms with van der Waals surface area (Å²) in [6.45, 7) is 0. The molecule has 0 spiro atoms. The SMILES string of the molecule is O=C(O)C=Cc1ccc(S(=O)(=O)Nc2ccccc2Oc2ccccc2)cc1. The van der Waals surface area contributed by atoms with Crippen LogP contribution in [0, 0.1) is 0 Å². The number of benzene rings is 3. The van der Waals surface area contributed by atoms with Crippen LogP contribution >= 0.6 is 0 Å². The lowest BCUT2D eigenvalue weighted by atomic mass is 10.2. The molecule has 3 aromatic rings. The van der Waals surface area contributed by atoms with Crippen LogP contribution in [0.5, 0.6) is 11.5 Å². The van der Waals surface area contributed by atoms with Gasteiger partial charge in [-0.15, -0.1) is 0 Å². The van der Waals surface area contributed by atoms with Crippen LogP contribution in [-0.4, -0.2) is 19.5 Å². The van der Waals surface area contributed by atoms with Crippen molar-refractivity contribution < 1.29 is 23.1 Å². The van der Waals surface area contributed by atoms with Crippen LogP contribution in [0.1, 0.15) is 5.56 Å². The summed E-state index contributed by atoms with van der Waals surface area (Å²) in [5.74, 6) is -0.115. The monoisotopic (exact) mass is 395 g/mol. The minimum atomic E-state index is -3.85. The first-order valence-electron chi connectivity index (χ1n) is 8.30. The average molecular weight is 395 g/mol. The van der Waals surface area contributed by atoms with Crippen molar-refractivity contribution in [3.05, 3.63) is 90.5 Å². The van der Waals surface area contributed by atoms with Crippen molar-refractivity contribution in [2.75, 3.05) is 4.72 Å². The van der Waals surface area contributed by atoms with Gasteiger partial charge >= 0.3 is 5.97 Å². The molecule has 142 valence electrons. The van der Waals surface area contributed by atoms with E-state index in [9.17, 15) is 13.2 Å². The normalized spacial score (nSPS) is 11.3. The van der Waals surface area contributed by atoms with Crippen molar-refractivity contribution >= 4 is 27.8 Å². The number of hydrogen-bond acceptors (Lipinski definition) is 4. The number of carboxylic acid groups (broad SMARTS) is 1. The molecule has 6 nitrogen and oxygen atoms in total. The van der Waals surface area contributed by atoms with E-state index in [1.807, 2.05) is 18.2 Å². The van der Waals surface area contributed by atoms with Gasteiger partial charge in [-0.1, -0.05) is 42.5 Å². The van der Waals surface area contributed by atoms with Gasteiger partial charge in [0, 0.05) is 6.08 Å². The lowest BCUT2D eigenvalue weighted by Crippen LogP contribution is -2.13. The molecule has 3 aromatic carbocycles. The third-order valence-electron chi connectivity index (χ3n) is 3.71. The predicted octanol–water partition coefficient (Wildman–Crippen LogP) is 4.38. The van der Waals surface area contributed by atoms with Crippen LogP contribution in [0.2, 0.25) is 0 Å². The van der Waals surface area contributed by atoms with E-state index in [4.69, 9.17) is 9.84 Å². The van der Waals surface area contributed by atoms with Gasteiger partial charge in [0.15, 0.2) is 5.75 Å². The van der Waals surface area contributed by atoms with Crippen molar-refractivity contribution in [1.82, 2.24) is 0 Å². The van der Waals surface area contributed by atoms with Gasteiger partial charge < -0.3 is 9.84 Å². The number of para-hydroxylation sites is 3. The van der Waals surface area contributed by atoms with E-state index in [-0.39, 0.29) is 4.90 Å². The zero-order valence-corrected chi connectivity index (χ0v) is 15.5. The van der Waals surface area contributed by atoms with E-state index in [1.54, 1.807) is 36.4 Å². The molecule has 7 heteroatoms. The van der Waals surface area contributed by atoms with Gasteiger partial charge in [0.1, 0.15) is 5.75 Å². The molecule has 0 aromatic heterocycles. The quantitative estimate of drug-likeness (QED) is 0.579. The van der Waals surface area contributed by atoms with E-state index in [1.165, 1.54) is 30.3 Å². The molecular formula is C21H17NO5S. The Morgan fingerprint density at radius 2 is 1.54 bits per heavy atom. The van der Waals surface area contributed by atoms with Gasteiger partial charge in [0.05, 0.1) is 10.6 Å². The minimum Gasteiger partial charge on any atom is -0.478 e. The van der Waals surface area contributed by atoms with Crippen LogP contribution in [0.15, 0.2) is 89.8 Å². The average Bonchev–Trinajstić information content (AvgIpc) is 2.69. The molecule has 0 unspecified atom stereocenters. The summed E-state index contributed by atoms with van der Waals surface area (Å²) in [5, 5.41) is 8.65. The molecule has 0 saturated carbocycles. The number of rotatable bonds is 7. The highest BCUT2D eigenvalue weighted by atomic mass is 32.2. The minimum absolute atomic E-state index is 0.0505. The van der Waals surface area contributed by atoms with Crippen LogP contribution in [-0.2, 0) is 14.8 Å². The molecule has 0 heterocycles. The van der Waals surface area contributed by atoms with Crippen molar-refractivity contribution in [3.63, 3.8) is 0 Å². The third-order valence-corrected chi connectivity index (χ3v) is 5.09. The fraction of sp³-hybridized carbons (Fsp3) is 0. The van der Waals surface area contributed by atoms with Crippen LogP contribution in [0.3, 0.4) is 0 Å². The van der Waals surface area contributed by atoms with Gasteiger partial charge in [0.25, 0.3) is 10.0 Å². The van der Waals surface area contributed by atoms with E-state index in [0.29, 0.717) is 22.7 Å². The fourth-order valence-electron chi connectivity index (χ4n) is 2.38. The highest BCUT2D eigenvalue weighted by Gasteiger charge is 2.16. The van der Waals surface area contributed by atoms with E-state index in [0.717, 1.165) is 6.08 Å². The molecule has 0 radical (unpaired) electrons. The molecular weight excluding hydrogens is 378 g/mol. The number of aliphatic carboxylic acids is 1. The van der Waals surface area contributed by atoms with Crippen LogP contribution in [0.4, 0.5) is 5.69 Å². The molecule has 0 fully saturated rings. The van der Waals surface area contributed by atoms with Crippen molar-refractivity contribution in [2.24, 2.45) is 0 Å². The molecule has 0 saturated heterocycles. The van der Waals surface area contributed by atoms with Crippen molar-refractivity contribution in [2.45, 2.75) is 4.90 Å². The highest BCUT2D eigenvalue weighted by Crippen LogP contribution is 2.30. The summed E-state index contributed by atoms with van der Waals surface area (Å²) in [6, 6.07) is 21.7. The molecule has 0 bridgehead atoms. The first-order valence-corrected chi connectivity index (χ1v) is 9.78. The number of hydrogen-bond donors (Lipinski definition) is 2. The van der Waals surface area contributed by atoms with E-state index >= 15 is 0 Å². The second-order valence-corrected chi connectivity index (χ2v) is 7.44. The Bertz CT molecular complexity index is 1090. The Balaban J connectivity index is 1.82. The van der Waals surface area contributed by atoms with Crippen molar-refractivity contribution in [3.8, 4) is 11.5 Å². The topological polar surface area (TPSA) is 92.7 Å².